The molecule has 2 aromatic rings. The molecule has 0 aromatic heterocycles. The summed E-state index contributed by atoms with van der Waals surface area (Å²) in [5.41, 5.74) is 5.39. The molecule has 0 radical (unpaired) electrons. The zero-order chi connectivity index (χ0) is 14.7. The lowest BCUT2D eigenvalue weighted by Gasteiger charge is -2.13. The molecule has 3 heteroatoms. The quantitative estimate of drug-likeness (QED) is 0.912. The molecular weight excluding hydrogens is 260 g/mol. The van der Waals surface area contributed by atoms with Crippen LogP contribution in [0.2, 0.25) is 0 Å². The van der Waals surface area contributed by atoms with Crippen LogP contribution in [0.4, 0.5) is 5.69 Å². The molecule has 0 saturated carbocycles. The molecule has 1 aliphatic heterocycles. The Kier molecular flexibility index (Phi) is 4.11. The van der Waals surface area contributed by atoms with Gasteiger partial charge in [-0.3, -0.25) is 0 Å². The maximum absolute atomic E-state index is 5.37. The molecule has 1 N–H and O–H groups in total. The van der Waals surface area contributed by atoms with Gasteiger partial charge in [0.25, 0.3) is 0 Å². The van der Waals surface area contributed by atoms with Crippen molar-refractivity contribution in [3.05, 3.63) is 59.2 Å². The van der Waals surface area contributed by atoms with Gasteiger partial charge in [0, 0.05) is 37.9 Å². The van der Waals surface area contributed by atoms with Gasteiger partial charge < -0.3 is 15.0 Å². The number of hydrogen-bond acceptors (Lipinski definition) is 3. The highest BCUT2D eigenvalue weighted by Gasteiger charge is 2.15. The summed E-state index contributed by atoms with van der Waals surface area (Å²) >= 11 is 0. The SMILES string of the molecule is COc1ccccc1CNCc1ccc2c(c1)CCN2C. The summed E-state index contributed by atoms with van der Waals surface area (Å²) in [4.78, 5) is 2.32. The van der Waals surface area contributed by atoms with Gasteiger partial charge in [-0.2, -0.15) is 0 Å². The molecule has 3 nitrogen and oxygen atoms in total. The molecule has 0 unspecified atom stereocenters. The standard InChI is InChI=1S/C18H22N2O/c1-20-10-9-15-11-14(7-8-17(15)20)12-19-13-16-5-3-4-6-18(16)21-2/h3-8,11,19H,9-10,12-13H2,1-2H3. The number of nitrogens with one attached hydrogen (secondary N) is 1. The summed E-state index contributed by atoms with van der Waals surface area (Å²) in [5, 5.41) is 3.50. The fraction of sp³-hybridized carbons (Fsp3) is 0.333. The molecule has 0 fully saturated rings. The highest BCUT2D eigenvalue weighted by atomic mass is 16.5. The Morgan fingerprint density at radius 2 is 2.00 bits per heavy atom. The van der Waals surface area contributed by atoms with E-state index in [0.29, 0.717) is 0 Å². The summed E-state index contributed by atoms with van der Waals surface area (Å²) < 4.78 is 5.37. The van der Waals surface area contributed by atoms with Crippen LogP contribution in [0.3, 0.4) is 0 Å². The third-order valence-electron chi connectivity index (χ3n) is 4.11. The monoisotopic (exact) mass is 282 g/mol. The van der Waals surface area contributed by atoms with E-state index < -0.39 is 0 Å². The Balaban J connectivity index is 1.61. The fourth-order valence-corrected chi connectivity index (χ4v) is 2.92. The number of nitrogens with zero attached hydrogens (tertiary/aromatic N) is 1. The minimum Gasteiger partial charge on any atom is -0.496 e. The van der Waals surface area contributed by atoms with E-state index >= 15 is 0 Å². The van der Waals surface area contributed by atoms with Gasteiger partial charge in [0.05, 0.1) is 7.11 Å². The smallest absolute Gasteiger partial charge is 0.123 e. The van der Waals surface area contributed by atoms with Crippen LogP contribution in [0.15, 0.2) is 42.5 Å². The van der Waals surface area contributed by atoms with Crippen molar-refractivity contribution in [3.63, 3.8) is 0 Å². The summed E-state index contributed by atoms with van der Waals surface area (Å²) in [6, 6.07) is 14.9. The number of para-hydroxylation sites is 1. The number of rotatable bonds is 5. The second-order valence-corrected chi connectivity index (χ2v) is 5.55. The first-order valence-electron chi connectivity index (χ1n) is 7.43. The van der Waals surface area contributed by atoms with Crippen molar-refractivity contribution in [1.29, 1.82) is 0 Å². The molecule has 0 spiro atoms. The van der Waals surface area contributed by atoms with E-state index in [0.717, 1.165) is 31.8 Å². The van der Waals surface area contributed by atoms with Gasteiger partial charge in [0.2, 0.25) is 0 Å². The second kappa shape index (κ2) is 6.19. The van der Waals surface area contributed by atoms with Crippen LogP contribution in [0.25, 0.3) is 0 Å². The molecule has 0 amide bonds. The maximum atomic E-state index is 5.37. The van der Waals surface area contributed by atoms with E-state index in [2.05, 4.69) is 41.5 Å². The van der Waals surface area contributed by atoms with Crippen molar-refractivity contribution in [2.24, 2.45) is 0 Å². The fourth-order valence-electron chi connectivity index (χ4n) is 2.92. The molecule has 0 saturated heterocycles. The van der Waals surface area contributed by atoms with Gasteiger partial charge in [-0.05, 0) is 29.7 Å². The predicted octanol–water partition coefficient (Wildman–Crippen LogP) is 2.98. The Labute approximate surface area is 126 Å². The third kappa shape index (κ3) is 3.03. The maximum Gasteiger partial charge on any atom is 0.123 e. The third-order valence-corrected chi connectivity index (χ3v) is 4.11. The van der Waals surface area contributed by atoms with Gasteiger partial charge in [-0.15, -0.1) is 0 Å². The van der Waals surface area contributed by atoms with Crippen LogP contribution < -0.4 is 15.0 Å². The number of hydrogen-bond donors (Lipinski definition) is 1. The topological polar surface area (TPSA) is 24.5 Å². The lowest BCUT2D eigenvalue weighted by atomic mass is 10.1. The van der Waals surface area contributed by atoms with E-state index in [4.69, 9.17) is 4.74 Å². The van der Waals surface area contributed by atoms with E-state index in [1.807, 2.05) is 18.2 Å². The Morgan fingerprint density at radius 1 is 1.14 bits per heavy atom. The Hall–Kier alpha value is -2.00. The highest BCUT2D eigenvalue weighted by molar-refractivity contribution is 5.58. The number of likely N-dealkylation sites (N-methyl/N-ethyl adjacent to an activating group) is 1. The molecule has 3 rings (SSSR count). The molecule has 1 aliphatic rings. The van der Waals surface area contributed by atoms with Crippen LogP contribution in [-0.2, 0) is 19.5 Å². The molecule has 21 heavy (non-hydrogen) atoms. The zero-order valence-electron chi connectivity index (χ0n) is 12.7. The highest BCUT2D eigenvalue weighted by Crippen LogP contribution is 2.27. The molecule has 110 valence electrons. The Morgan fingerprint density at radius 3 is 2.86 bits per heavy atom. The first-order valence-corrected chi connectivity index (χ1v) is 7.43. The van der Waals surface area contributed by atoms with Gasteiger partial charge >= 0.3 is 0 Å². The normalized spacial score (nSPS) is 13.3. The number of fused-ring (bicyclic) bond motifs is 1. The summed E-state index contributed by atoms with van der Waals surface area (Å²) in [7, 11) is 3.88. The lowest BCUT2D eigenvalue weighted by Crippen LogP contribution is -2.14. The van der Waals surface area contributed by atoms with Crippen molar-refractivity contribution < 1.29 is 4.74 Å². The van der Waals surface area contributed by atoms with E-state index in [1.54, 1.807) is 7.11 Å². The van der Waals surface area contributed by atoms with Gasteiger partial charge in [0.15, 0.2) is 0 Å². The number of anilines is 1. The van der Waals surface area contributed by atoms with Crippen LogP contribution >= 0.6 is 0 Å². The average molecular weight is 282 g/mol. The van der Waals surface area contributed by atoms with E-state index in [9.17, 15) is 0 Å². The average Bonchev–Trinajstić information content (AvgIpc) is 2.89. The minimum atomic E-state index is 0.820. The van der Waals surface area contributed by atoms with Crippen LogP contribution in [0.5, 0.6) is 5.75 Å². The number of ether oxygens (including phenoxy) is 1. The predicted molar refractivity (Wildman–Crippen MR) is 87.0 cm³/mol. The molecule has 0 aliphatic carbocycles. The molecule has 0 bridgehead atoms. The molecular formula is C18H22N2O. The second-order valence-electron chi connectivity index (χ2n) is 5.55. The summed E-state index contributed by atoms with van der Waals surface area (Å²) in [6.07, 6.45) is 1.16. The van der Waals surface area contributed by atoms with E-state index in [-0.39, 0.29) is 0 Å². The first-order chi connectivity index (χ1) is 10.3. The summed E-state index contributed by atoms with van der Waals surface area (Å²) in [5.74, 6) is 0.945. The zero-order valence-corrected chi connectivity index (χ0v) is 12.7. The van der Waals surface area contributed by atoms with Crippen LogP contribution in [0, 0.1) is 0 Å². The first kappa shape index (κ1) is 14.0. The van der Waals surface area contributed by atoms with Gasteiger partial charge in [-0.25, -0.2) is 0 Å². The molecule has 2 aromatic carbocycles. The van der Waals surface area contributed by atoms with Crippen molar-refractivity contribution >= 4 is 5.69 Å². The largest absolute Gasteiger partial charge is 0.496 e. The van der Waals surface area contributed by atoms with Crippen molar-refractivity contribution in [2.75, 3.05) is 25.6 Å². The van der Waals surface area contributed by atoms with Gasteiger partial charge in [-0.1, -0.05) is 30.3 Å². The molecule has 0 atom stereocenters. The van der Waals surface area contributed by atoms with Crippen molar-refractivity contribution in [3.8, 4) is 5.75 Å². The van der Waals surface area contributed by atoms with Gasteiger partial charge in [0.1, 0.15) is 5.75 Å². The number of methoxy groups -OCH3 is 1. The number of benzene rings is 2. The Bertz CT molecular complexity index is 624. The summed E-state index contributed by atoms with van der Waals surface area (Å²) in [6.45, 7) is 2.84. The van der Waals surface area contributed by atoms with E-state index in [1.165, 1.54) is 22.4 Å². The minimum absolute atomic E-state index is 0.820. The van der Waals surface area contributed by atoms with Crippen LogP contribution in [0.1, 0.15) is 16.7 Å². The molecule has 1 heterocycles. The van der Waals surface area contributed by atoms with Crippen molar-refractivity contribution in [1.82, 2.24) is 5.32 Å². The lowest BCUT2D eigenvalue weighted by molar-refractivity contribution is 0.407. The van der Waals surface area contributed by atoms with Crippen LogP contribution in [-0.4, -0.2) is 20.7 Å². The van der Waals surface area contributed by atoms with Crippen molar-refractivity contribution in [2.45, 2.75) is 19.5 Å².